The fourth-order valence-electron chi connectivity index (χ4n) is 1.91. The van der Waals surface area contributed by atoms with E-state index in [1.807, 2.05) is 24.3 Å². The molecule has 2 aromatic rings. The van der Waals surface area contributed by atoms with Crippen LogP contribution in [0.1, 0.15) is 5.76 Å². The number of nitrogens with zero attached hydrogens (tertiary/aromatic N) is 2. The lowest BCUT2D eigenvalue weighted by Crippen LogP contribution is -2.35. The van der Waals surface area contributed by atoms with Gasteiger partial charge in [0.05, 0.1) is 19.0 Å². The summed E-state index contributed by atoms with van der Waals surface area (Å²) < 4.78 is 5.66. The molecule has 2 N–H and O–H groups in total. The van der Waals surface area contributed by atoms with Crippen molar-refractivity contribution >= 4 is 24.2 Å². The van der Waals surface area contributed by atoms with E-state index < -0.39 is 6.03 Å². The van der Waals surface area contributed by atoms with Gasteiger partial charge in [-0.3, -0.25) is 10.3 Å². The first-order valence-electron chi connectivity index (χ1n) is 7.14. The molecule has 8 nitrogen and oxygen atoms in total. The van der Waals surface area contributed by atoms with Crippen molar-refractivity contribution in [1.82, 2.24) is 10.3 Å². The van der Waals surface area contributed by atoms with E-state index in [-0.39, 0.29) is 6.54 Å². The Hall–Kier alpha value is -3.13. The van der Waals surface area contributed by atoms with Gasteiger partial charge in [0.25, 0.3) is 0 Å². The highest BCUT2D eigenvalue weighted by molar-refractivity contribution is 5.81. The summed E-state index contributed by atoms with van der Waals surface area (Å²) in [5, 5.41) is 7.35. The Morgan fingerprint density at radius 2 is 2.04 bits per heavy atom. The third-order valence-electron chi connectivity index (χ3n) is 3.04. The Morgan fingerprint density at radius 3 is 2.67 bits per heavy atom. The van der Waals surface area contributed by atoms with Gasteiger partial charge in [-0.1, -0.05) is 0 Å². The smallest absolute Gasteiger partial charge is 0.337 e. The van der Waals surface area contributed by atoms with Crippen LogP contribution in [-0.2, 0) is 9.63 Å². The van der Waals surface area contributed by atoms with Crippen molar-refractivity contribution in [2.45, 2.75) is 0 Å². The van der Waals surface area contributed by atoms with Gasteiger partial charge in [0.2, 0.25) is 0 Å². The molecule has 8 heteroatoms. The molecular weight excluding hydrogens is 312 g/mol. The number of carbonyl (C=O) groups is 2. The van der Waals surface area contributed by atoms with Gasteiger partial charge >= 0.3 is 6.03 Å². The van der Waals surface area contributed by atoms with E-state index in [1.54, 1.807) is 19.2 Å². The average Bonchev–Trinajstić information content (AvgIpc) is 3.08. The molecule has 24 heavy (non-hydrogen) atoms. The van der Waals surface area contributed by atoms with E-state index in [1.165, 1.54) is 13.3 Å². The van der Waals surface area contributed by atoms with Crippen molar-refractivity contribution in [2.24, 2.45) is 5.10 Å². The molecule has 0 atom stereocenters. The lowest BCUT2D eigenvalue weighted by atomic mass is 10.1. The van der Waals surface area contributed by atoms with Crippen LogP contribution in [0, 0.1) is 0 Å². The molecule has 1 aromatic carbocycles. The summed E-state index contributed by atoms with van der Waals surface area (Å²) in [6.07, 6.45) is 1.97. The van der Waals surface area contributed by atoms with Crippen LogP contribution in [0.5, 0.6) is 0 Å². The molecule has 0 aliphatic carbocycles. The lowest BCUT2D eigenvalue weighted by Gasteiger charge is -2.12. The maximum atomic E-state index is 11.5. The zero-order valence-corrected chi connectivity index (χ0v) is 13.4. The van der Waals surface area contributed by atoms with E-state index in [0.29, 0.717) is 17.8 Å². The summed E-state index contributed by atoms with van der Waals surface area (Å²) in [6.45, 7) is -0.141. The summed E-state index contributed by atoms with van der Waals surface area (Å²) in [4.78, 5) is 26.9. The van der Waals surface area contributed by atoms with Crippen molar-refractivity contribution in [3.05, 3.63) is 42.2 Å². The van der Waals surface area contributed by atoms with Crippen LogP contribution in [0.15, 0.2) is 45.9 Å². The van der Waals surface area contributed by atoms with Crippen LogP contribution in [0.2, 0.25) is 0 Å². The van der Waals surface area contributed by atoms with Gasteiger partial charge < -0.3 is 14.5 Å². The molecular formula is C16H18N4O4. The first-order chi connectivity index (χ1) is 11.7. The minimum atomic E-state index is -0.480. The van der Waals surface area contributed by atoms with E-state index >= 15 is 0 Å². The third kappa shape index (κ3) is 4.43. The molecule has 0 aliphatic heterocycles. The largest absolute Gasteiger partial charge is 0.455 e. The minimum absolute atomic E-state index is 0.141. The number of urea groups is 1. The average molecular weight is 330 g/mol. The van der Waals surface area contributed by atoms with Crippen LogP contribution in [0.3, 0.4) is 0 Å². The number of hydrazone groups is 1. The zero-order valence-electron chi connectivity index (χ0n) is 13.4. The predicted molar refractivity (Wildman–Crippen MR) is 89.6 cm³/mol. The predicted octanol–water partition coefficient (Wildman–Crippen LogP) is 2.09. The van der Waals surface area contributed by atoms with Crippen molar-refractivity contribution in [2.75, 3.05) is 26.2 Å². The van der Waals surface area contributed by atoms with Crippen molar-refractivity contribution < 1.29 is 18.8 Å². The highest BCUT2D eigenvalue weighted by Crippen LogP contribution is 2.23. The highest BCUT2D eigenvalue weighted by Gasteiger charge is 2.09. The van der Waals surface area contributed by atoms with Crippen molar-refractivity contribution in [3.63, 3.8) is 0 Å². The van der Waals surface area contributed by atoms with Crippen LogP contribution >= 0.6 is 0 Å². The van der Waals surface area contributed by atoms with Gasteiger partial charge in [0.15, 0.2) is 0 Å². The first-order valence-corrected chi connectivity index (χ1v) is 7.14. The number of benzene rings is 1. The minimum Gasteiger partial charge on any atom is -0.455 e. The van der Waals surface area contributed by atoms with Crippen molar-refractivity contribution in [3.8, 4) is 11.3 Å². The molecule has 1 heterocycles. The lowest BCUT2D eigenvalue weighted by molar-refractivity contribution is -0.108. The van der Waals surface area contributed by atoms with E-state index in [0.717, 1.165) is 16.3 Å². The van der Waals surface area contributed by atoms with Gasteiger partial charge in [-0.2, -0.15) is 5.10 Å². The zero-order chi connectivity index (χ0) is 17.4. The molecule has 2 rings (SSSR count). The molecule has 1 aromatic heterocycles. The monoisotopic (exact) mass is 330 g/mol. The molecule has 0 unspecified atom stereocenters. The number of hydrogen-bond acceptors (Lipinski definition) is 6. The first kappa shape index (κ1) is 17.2. The number of amides is 2. The van der Waals surface area contributed by atoms with Crippen LogP contribution < -0.4 is 10.8 Å². The number of carbonyl (C=O) groups excluding carboxylic acids is 2. The number of furan rings is 1. The number of aldehydes is 1. The second kappa shape index (κ2) is 8.49. The Bertz CT molecular complexity index is 709. The fourth-order valence-corrected chi connectivity index (χ4v) is 1.91. The topological polar surface area (TPSA) is 96.2 Å². The summed E-state index contributed by atoms with van der Waals surface area (Å²) in [7, 11) is 3.00. The van der Waals surface area contributed by atoms with Gasteiger partial charge in [0, 0.05) is 12.6 Å². The maximum Gasteiger partial charge on any atom is 0.337 e. The van der Waals surface area contributed by atoms with Gasteiger partial charge in [0.1, 0.15) is 24.4 Å². The fraction of sp³-hybridized carbons (Fsp3) is 0.188. The second-order valence-electron chi connectivity index (χ2n) is 4.63. The van der Waals surface area contributed by atoms with Crippen LogP contribution in [0.25, 0.3) is 11.3 Å². The summed E-state index contributed by atoms with van der Waals surface area (Å²) in [5.41, 5.74) is 4.43. The molecule has 2 amide bonds. The van der Waals surface area contributed by atoms with E-state index in [9.17, 15) is 9.59 Å². The standard InChI is InChI=1S/C16H18N4O4/c1-17-16(22)20(9-10-21)18-11-14-7-8-15(24-14)12-3-5-13(6-4-12)19-23-2/h3-8,10-11,19H,9H2,1-2H3,(H,17,22)/b18-11+. The number of hydrogen-bond donors (Lipinski definition) is 2. The summed E-state index contributed by atoms with van der Waals surface area (Å²) in [5.74, 6) is 1.12. The Morgan fingerprint density at radius 1 is 1.29 bits per heavy atom. The Labute approximate surface area is 139 Å². The Balaban J connectivity index is 2.10. The third-order valence-corrected chi connectivity index (χ3v) is 3.04. The summed E-state index contributed by atoms with van der Waals surface area (Å²) in [6, 6.07) is 10.5. The molecule has 0 fully saturated rings. The molecule has 0 spiro atoms. The molecule has 126 valence electrons. The molecule has 0 saturated heterocycles. The maximum absolute atomic E-state index is 11.5. The van der Waals surface area contributed by atoms with E-state index in [2.05, 4.69) is 15.9 Å². The van der Waals surface area contributed by atoms with Crippen LogP contribution in [-0.4, -0.2) is 44.2 Å². The number of anilines is 1. The molecule has 0 aliphatic rings. The number of rotatable bonds is 7. The van der Waals surface area contributed by atoms with Gasteiger partial charge in [-0.25, -0.2) is 9.80 Å². The van der Waals surface area contributed by atoms with Crippen molar-refractivity contribution in [1.29, 1.82) is 0 Å². The number of nitrogens with one attached hydrogen (secondary N) is 2. The normalized spacial score (nSPS) is 10.6. The SMILES string of the molecule is CNC(=O)N(CC=O)/N=C/c1ccc(-c2ccc(NOC)cc2)o1. The van der Waals surface area contributed by atoms with Gasteiger partial charge in [-0.05, 0) is 36.4 Å². The van der Waals surface area contributed by atoms with Crippen LogP contribution in [0.4, 0.5) is 10.5 Å². The molecule has 0 bridgehead atoms. The Kier molecular flexibility index (Phi) is 6.09. The molecule has 0 saturated carbocycles. The quantitative estimate of drug-likeness (QED) is 0.460. The van der Waals surface area contributed by atoms with Gasteiger partial charge in [-0.15, -0.1) is 0 Å². The van der Waals surface area contributed by atoms with E-state index in [4.69, 9.17) is 9.25 Å². The summed E-state index contributed by atoms with van der Waals surface area (Å²) >= 11 is 0. The highest BCUT2D eigenvalue weighted by atomic mass is 16.6. The second-order valence-corrected chi connectivity index (χ2v) is 4.63. The molecule has 0 radical (unpaired) electrons.